The Hall–Kier alpha value is -1.98. The van der Waals surface area contributed by atoms with Crippen molar-refractivity contribution in [2.24, 2.45) is 5.73 Å². The summed E-state index contributed by atoms with van der Waals surface area (Å²) in [4.78, 5) is 13.0. The Morgan fingerprint density at radius 1 is 1.16 bits per heavy atom. The molecule has 0 radical (unpaired) electrons. The number of rotatable bonds is 8. The van der Waals surface area contributed by atoms with E-state index >= 15 is 0 Å². The third-order valence-corrected chi connectivity index (χ3v) is 4.96. The third kappa shape index (κ3) is 6.11. The van der Waals surface area contributed by atoms with E-state index in [1.807, 2.05) is 36.4 Å². The summed E-state index contributed by atoms with van der Waals surface area (Å²) in [6.45, 7) is 4.75. The third-order valence-electron chi connectivity index (χ3n) is 3.96. The molecule has 4 nitrogen and oxygen atoms in total. The maximum absolute atomic E-state index is 12.0. The second kappa shape index (κ2) is 9.49. The van der Waals surface area contributed by atoms with Gasteiger partial charge in [-0.05, 0) is 35.2 Å². The molecule has 2 aromatic carbocycles. The van der Waals surface area contributed by atoms with Crippen LogP contribution in [-0.2, 0) is 4.79 Å². The molecule has 0 spiro atoms. The Labute approximate surface area is 154 Å². The van der Waals surface area contributed by atoms with Crippen molar-refractivity contribution in [3.63, 3.8) is 0 Å². The van der Waals surface area contributed by atoms with Crippen LogP contribution in [0.4, 0.5) is 0 Å². The van der Waals surface area contributed by atoms with Gasteiger partial charge in [-0.3, -0.25) is 4.79 Å². The molecule has 0 fully saturated rings. The molecule has 1 atom stereocenters. The van der Waals surface area contributed by atoms with Gasteiger partial charge in [-0.2, -0.15) is 0 Å². The molecule has 134 valence electrons. The average Bonchev–Trinajstić information content (AvgIpc) is 2.64. The molecule has 2 aromatic rings. The standard InChI is InChI=1S/C20H26N2O2S/c1-14(2)15-7-9-16(10-8-15)19(21)12-22-20(23)13-25-18-6-4-5-17(11-18)24-3/h4-11,14,19H,12-13,21H2,1-3H3,(H,22,23). The predicted molar refractivity (Wildman–Crippen MR) is 104 cm³/mol. The van der Waals surface area contributed by atoms with Crippen LogP contribution < -0.4 is 15.8 Å². The lowest BCUT2D eigenvalue weighted by Gasteiger charge is -2.14. The van der Waals surface area contributed by atoms with Crippen LogP contribution in [0.3, 0.4) is 0 Å². The minimum absolute atomic E-state index is 0.0259. The van der Waals surface area contributed by atoms with Gasteiger partial charge in [-0.15, -0.1) is 11.8 Å². The molecule has 0 aliphatic heterocycles. The Morgan fingerprint density at radius 3 is 2.48 bits per heavy atom. The molecule has 2 rings (SSSR count). The van der Waals surface area contributed by atoms with E-state index in [9.17, 15) is 4.79 Å². The van der Waals surface area contributed by atoms with Gasteiger partial charge in [0.15, 0.2) is 0 Å². The van der Waals surface area contributed by atoms with Crippen LogP contribution in [0.1, 0.15) is 36.9 Å². The number of hydrogen-bond acceptors (Lipinski definition) is 4. The molecule has 0 bridgehead atoms. The number of carbonyl (C=O) groups is 1. The van der Waals surface area contributed by atoms with E-state index in [4.69, 9.17) is 10.5 Å². The largest absolute Gasteiger partial charge is 0.497 e. The Balaban J connectivity index is 1.78. The number of hydrogen-bond donors (Lipinski definition) is 2. The van der Waals surface area contributed by atoms with Gasteiger partial charge in [-0.1, -0.05) is 44.2 Å². The topological polar surface area (TPSA) is 64.3 Å². The summed E-state index contributed by atoms with van der Waals surface area (Å²) < 4.78 is 5.18. The summed E-state index contributed by atoms with van der Waals surface area (Å²) >= 11 is 1.48. The summed E-state index contributed by atoms with van der Waals surface area (Å²) in [5.74, 6) is 1.62. The van der Waals surface area contributed by atoms with Crippen molar-refractivity contribution in [1.82, 2.24) is 5.32 Å². The number of thioether (sulfide) groups is 1. The summed E-state index contributed by atoms with van der Waals surface area (Å²) in [6, 6.07) is 15.7. The van der Waals surface area contributed by atoms with Crippen molar-refractivity contribution in [1.29, 1.82) is 0 Å². The lowest BCUT2D eigenvalue weighted by molar-refractivity contribution is -0.118. The number of amides is 1. The van der Waals surface area contributed by atoms with E-state index in [0.29, 0.717) is 18.2 Å². The summed E-state index contributed by atoms with van der Waals surface area (Å²) in [5.41, 5.74) is 8.50. The first-order valence-electron chi connectivity index (χ1n) is 8.38. The molecule has 3 N–H and O–H groups in total. The van der Waals surface area contributed by atoms with Crippen LogP contribution in [-0.4, -0.2) is 25.3 Å². The predicted octanol–water partition coefficient (Wildman–Crippen LogP) is 3.73. The van der Waals surface area contributed by atoms with Gasteiger partial charge in [0.1, 0.15) is 5.75 Å². The Kier molecular flexibility index (Phi) is 7.34. The van der Waals surface area contributed by atoms with Crippen molar-refractivity contribution in [3.05, 3.63) is 59.7 Å². The highest BCUT2D eigenvalue weighted by Gasteiger charge is 2.09. The Morgan fingerprint density at radius 2 is 1.84 bits per heavy atom. The fourth-order valence-corrected chi connectivity index (χ4v) is 3.13. The maximum Gasteiger partial charge on any atom is 0.230 e. The SMILES string of the molecule is COc1cccc(SCC(=O)NCC(N)c2ccc(C(C)C)cc2)c1. The maximum atomic E-state index is 12.0. The molecular weight excluding hydrogens is 332 g/mol. The van der Waals surface area contributed by atoms with Crippen molar-refractivity contribution >= 4 is 17.7 Å². The first-order valence-corrected chi connectivity index (χ1v) is 9.37. The van der Waals surface area contributed by atoms with Crippen molar-refractivity contribution in [2.45, 2.75) is 30.7 Å². The number of carbonyl (C=O) groups excluding carboxylic acids is 1. The van der Waals surface area contributed by atoms with Crippen LogP contribution in [0, 0.1) is 0 Å². The number of nitrogens with two attached hydrogens (primary N) is 1. The molecule has 0 heterocycles. The first-order chi connectivity index (χ1) is 12.0. The fourth-order valence-electron chi connectivity index (χ4n) is 2.36. The smallest absolute Gasteiger partial charge is 0.230 e. The summed E-state index contributed by atoms with van der Waals surface area (Å²) in [7, 11) is 1.63. The zero-order chi connectivity index (χ0) is 18.2. The summed E-state index contributed by atoms with van der Waals surface area (Å²) in [5, 5.41) is 2.90. The van der Waals surface area contributed by atoms with Crippen LogP contribution in [0.25, 0.3) is 0 Å². The van der Waals surface area contributed by atoms with Crippen LogP contribution in [0.15, 0.2) is 53.4 Å². The van der Waals surface area contributed by atoms with Gasteiger partial charge in [0.05, 0.1) is 12.9 Å². The van der Waals surface area contributed by atoms with Crippen molar-refractivity contribution in [3.8, 4) is 5.75 Å². The lowest BCUT2D eigenvalue weighted by atomic mass is 9.99. The molecule has 5 heteroatoms. The number of ether oxygens (including phenoxy) is 1. The highest BCUT2D eigenvalue weighted by atomic mass is 32.2. The van der Waals surface area contributed by atoms with Gasteiger partial charge in [0, 0.05) is 17.5 Å². The van der Waals surface area contributed by atoms with Crippen LogP contribution >= 0.6 is 11.8 Å². The first kappa shape index (κ1) is 19.3. The van der Waals surface area contributed by atoms with E-state index in [2.05, 4.69) is 31.3 Å². The van der Waals surface area contributed by atoms with Crippen LogP contribution in [0.5, 0.6) is 5.75 Å². The van der Waals surface area contributed by atoms with Gasteiger partial charge >= 0.3 is 0 Å². The minimum atomic E-state index is -0.202. The van der Waals surface area contributed by atoms with Gasteiger partial charge in [0.2, 0.25) is 5.91 Å². The second-order valence-electron chi connectivity index (χ2n) is 6.20. The molecule has 25 heavy (non-hydrogen) atoms. The number of nitrogens with one attached hydrogen (secondary N) is 1. The second-order valence-corrected chi connectivity index (χ2v) is 7.25. The zero-order valence-electron chi connectivity index (χ0n) is 15.0. The van der Waals surface area contributed by atoms with Crippen molar-refractivity contribution in [2.75, 3.05) is 19.4 Å². The van der Waals surface area contributed by atoms with E-state index in [-0.39, 0.29) is 11.9 Å². The van der Waals surface area contributed by atoms with E-state index in [1.165, 1.54) is 17.3 Å². The molecule has 0 aromatic heterocycles. The minimum Gasteiger partial charge on any atom is -0.497 e. The Bertz CT molecular complexity index is 686. The molecule has 1 unspecified atom stereocenters. The lowest BCUT2D eigenvalue weighted by Crippen LogP contribution is -2.33. The molecule has 0 aliphatic rings. The quantitative estimate of drug-likeness (QED) is 0.706. The molecular formula is C20H26N2O2S. The molecule has 0 saturated carbocycles. The monoisotopic (exact) mass is 358 g/mol. The normalized spacial score (nSPS) is 12.0. The average molecular weight is 359 g/mol. The van der Waals surface area contributed by atoms with E-state index in [0.717, 1.165) is 16.2 Å². The van der Waals surface area contributed by atoms with Gasteiger partial charge in [-0.25, -0.2) is 0 Å². The molecule has 0 saturated heterocycles. The zero-order valence-corrected chi connectivity index (χ0v) is 15.8. The van der Waals surface area contributed by atoms with Gasteiger partial charge < -0.3 is 15.8 Å². The number of benzene rings is 2. The fraction of sp³-hybridized carbons (Fsp3) is 0.350. The van der Waals surface area contributed by atoms with E-state index < -0.39 is 0 Å². The van der Waals surface area contributed by atoms with Crippen LogP contribution in [0.2, 0.25) is 0 Å². The summed E-state index contributed by atoms with van der Waals surface area (Å²) in [6.07, 6.45) is 0. The van der Waals surface area contributed by atoms with E-state index in [1.54, 1.807) is 7.11 Å². The molecule has 1 amide bonds. The van der Waals surface area contributed by atoms with Gasteiger partial charge in [0.25, 0.3) is 0 Å². The number of methoxy groups -OCH3 is 1. The van der Waals surface area contributed by atoms with Crippen molar-refractivity contribution < 1.29 is 9.53 Å². The molecule has 0 aliphatic carbocycles. The highest BCUT2D eigenvalue weighted by Crippen LogP contribution is 2.22. The highest BCUT2D eigenvalue weighted by molar-refractivity contribution is 8.00.